The molecule has 3 nitrogen and oxygen atoms in total. The summed E-state index contributed by atoms with van der Waals surface area (Å²) in [5.74, 6) is 0.276. The molecule has 0 N–H and O–H groups in total. The van der Waals surface area contributed by atoms with E-state index in [1.165, 1.54) is 6.07 Å². The molecular weight excluding hydrogens is 353 g/mol. The highest BCUT2D eigenvalue weighted by Crippen LogP contribution is 2.33. The molecule has 140 valence electrons. The molecule has 0 amide bonds. The number of rotatable bonds is 3. The minimum Gasteiger partial charge on any atom is -0.490 e. The zero-order valence-electron chi connectivity index (χ0n) is 14.6. The van der Waals surface area contributed by atoms with Crippen molar-refractivity contribution in [2.24, 2.45) is 0 Å². The molecule has 0 aliphatic carbocycles. The first-order valence-corrected chi connectivity index (χ1v) is 8.93. The molecule has 0 spiro atoms. The maximum atomic E-state index is 12.8. The predicted molar refractivity (Wildman–Crippen MR) is 99.1 cm³/mol. The van der Waals surface area contributed by atoms with Crippen LogP contribution < -0.4 is 9.64 Å². The number of benzene rings is 2. The van der Waals surface area contributed by atoms with Crippen LogP contribution in [0.25, 0.3) is 10.9 Å². The third-order valence-corrected chi connectivity index (χ3v) is 4.87. The van der Waals surface area contributed by atoms with E-state index in [4.69, 9.17) is 4.74 Å². The van der Waals surface area contributed by atoms with Crippen molar-refractivity contribution in [1.29, 1.82) is 0 Å². The van der Waals surface area contributed by atoms with Crippen molar-refractivity contribution in [1.82, 2.24) is 4.98 Å². The molecule has 1 aliphatic rings. The molecule has 0 atom stereocenters. The van der Waals surface area contributed by atoms with Crippen molar-refractivity contribution in [3.8, 4) is 5.75 Å². The Morgan fingerprint density at radius 3 is 2.52 bits per heavy atom. The average molecular weight is 372 g/mol. The van der Waals surface area contributed by atoms with Gasteiger partial charge in [0.15, 0.2) is 0 Å². The number of nitrogens with zero attached hydrogens (tertiary/aromatic N) is 2. The minimum atomic E-state index is -4.36. The minimum absolute atomic E-state index is 0.0853. The Bertz CT molecular complexity index is 929. The smallest absolute Gasteiger partial charge is 0.416 e. The Morgan fingerprint density at radius 1 is 0.963 bits per heavy atom. The highest BCUT2D eigenvalue weighted by molar-refractivity contribution is 5.91. The second-order valence-corrected chi connectivity index (χ2v) is 6.68. The monoisotopic (exact) mass is 372 g/mol. The number of anilines is 1. The molecule has 1 fully saturated rings. The van der Waals surface area contributed by atoms with Crippen molar-refractivity contribution in [3.05, 3.63) is 66.4 Å². The number of hydrogen-bond acceptors (Lipinski definition) is 3. The van der Waals surface area contributed by atoms with Gasteiger partial charge in [-0.15, -0.1) is 0 Å². The normalized spacial score (nSPS) is 15.9. The molecule has 1 aliphatic heterocycles. The summed E-state index contributed by atoms with van der Waals surface area (Å²) in [6.07, 6.45) is -1.12. The fraction of sp³-hybridized carbons (Fsp3) is 0.286. The van der Waals surface area contributed by atoms with E-state index in [2.05, 4.69) is 16.0 Å². The van der Waals surface area contributed by atoms with E-state index in [0.717, 1.165) is 54.7 Å². The number of fused-ring (bicyclic) bond motifs is 1. The third-order valence-electron chi connectivity index (χ3n) is 4.87. The summed E-state index contributed by atoms with van der Waals surface area (Å²) >= 11 is 0. The van der Waals surface area contributed by atoms with E-state index >= 15 is 0 Å². The Hall–Kier alpha value is -2.76. The van der Waals surface area contributed by atoms with Crippen LogP contribution in [0.15, 0.2) is 60.8 Å². The van der Waals surface area contributed by atoms with E-state index in [-0.39, 0.29) is 11.9 Å². The molecule has 4 rings (SSSR count). The van der Waals surface area contributed by atoms with Crippen molar-refractivity contribution in [2.45, 2.75) is 25.1 Å². The van der Waals surface area contributed by atoms with E-state index in [9.17, 15) is 13.2 Å². The molecule has 2 heterocycles. The van der Waals surface area contributed by atoms with Crippen LogP contribution >= 0.6 is 0 Å². The van der Waals surface area contributed by atoms with Crippen LogP contribution in [0.3, 0.4) is 0 Å². The van der Waals surface area contributed by atoms with Gasteiger partial charge in [-0.25, -0.2) is 0 Å². The van der Waals surface area contributed by atoms with Crippen molar-refractivity contribution in [3.63, 3.8) is 0 Å². The van der Waals surface area contributed by atoms with E-state index in [1.54, 1.807) is 6.07 Å². The fourth-order valence-corrected chi connectivity index (χ4v) is 3.51. The summed E-state index contributed by atoms with van der Waals surface area (Å²) < 4.78 is 44.4. The van der Waals surface area contributed by atoms with E-state index in [1.807, 2.05) is 30.5 Å². The number of para-hydroxylation sites is 1. The second kappa shape index (κ2) is 7.10. The van der Waals surface area contributed by atoms with Crippen LogP contribution in [-0.4, -0.2) is 24.2 Å². The van der Waals surface area contributed by atoms with Crippen molar-refractivity contribution >= 4 is 16.6 Å². The lowest BCUT2D eigenvalue weighted by atomic mass is 10.1. The first-order valence-electron chi connectivity index (χ1n) is 8.93. The van der Waals surface area contributed by atoms with Crippen molar-refractivity contribution in [2.75, 3.05) is 18.0 Å². The molecule has 0 saturated carbocycles. The molecule has 0 unspecified atom stereocenters. The highest BCUT2D eigenvalue weighted by atomic mass is 19.4. The van der Waals surface area contributed by atoms with Gasteiger partial charge in [0.2, 0.25) is 0 Å². The lowest BCUT2D eigenvalue weighted by Gasteiger charge is -2.34. The number of hydrogen-bond donors (Lipinski definition) is 0. The summed E-state index contributed by atoms with van der Waals surface area (Å²) in [5, 5.41) is 1.11. The summed E-state index contributed by atoms with van der Waals surface area (Å²) in [6.45, 7) is 1.58. The van der Waals surface area contributed by atoms with Gasteiger partial charge >= 0.3 is 6.18 Å². The first-order chi connectivity index (χ1) is 13.0. The van der Waals surface area contributed by atoms with Crippen LogP contribution in [0.5, 0.6) is 5.75 Å². The second-order valence-electron chi connectivity index (χ2n) is 6.68. The number of alkyl halides is 3. The number of piperidine rings is 1. The van der Waals surface area contributed by atoms with E-state index < -0.39 is 11.7 Å². The third kappa shape index (κ3) is 3.84. The molecule has 0 radical (unpaired) electrons. The number of aromatic nitrogens is 1. The molecule has 27 heavy (non-hydrogen) atoms. The summed E-state index contributed by atoms with van der Waals surface area (Å²) in [5.41, 5.74) is 1.41. The van der Waals surface area contributed by atoms with E-state index in [0.29, 0.717) is 0 Å². The Kier molecular flexibility index (Phi) is 4.64. The first kappa shape index (κ1) is 17.6. The van der Waals surface area contributed by atoms with Crippen molar-refractivity contribution < 1.29 is 17.9 Å². The van der Waals surface area contributed by atoms with Crippen LogP contribution in [0.1, 0.15) is 18.4 Å². The van der Waals surface area contributed by atoms with Gasteiger partial charge in [-0.05, 0) is 30.3 Å². The maximum absolute atomic E-state index is 12.8. The average Bonchev–Trinajstić information content (AvgIpc) is 2.68. The molecule has 0 bridgehead atoms. The van der Waals surface area contributed by atoms with Crippen LogP contribution in [0.2, 0.25) is 0 Å². The van der Waals surface area contributed by atoms with Crippen LogP contribution in [-0.2, 0) is 6.18 Å². The lowest BCUT2D eigenvalue weighted by Crippen LogP contribution is -2.38. The quantitative estimate of drug-likeness (QED) is 0.624. The molecule has 1 saturated heterocycles. The predicted octanol–water partition coefficient (Wildman–Crippen LogP) is 5.30. The number of ether oxygens (including phenoxy) is 1. The fourth-order valence-electron chi connectivity index (χ4n) is 3.51. The molecule has 2 aromatic carbocycles. The van der Waals surface area contributed by atoms with Crippen LogP contribution in [0.4, 0.5) is 18.9 Å². The molecular formula is C21H19F3N2O. The summed E-state index contributed by atoms with van der Waals surface area (Å²) in [7, 11) is 0. The molecule has 6 heteroatoms. The largest absolute Gasteiger partial charge is 0.490 e. The Labute approximate surface area is 155 Å². The van der Waals surface area contributed by atoms with Gasteiger partial charge < -0.3 is 9.64 Å². The van der Waals surface area contributed by atoms with Gasteiger partial charge in [0, 0.05) is 43.2 Å². The number of halogens is 3. The van der Waals surface area contributed by atoms with Gasteiger partial charge in [0.05, 0.1) is 11.1 Å². The summed E-state index contributed by atoms with van der Waals surface area (Å²) in [4.78, 5) is 6.68. The Morgan fingerprint density at radius 2 is 1.74 bits per heavy atom. The SMILES string of the molecule is FC(F)(F)c1cccc(OC2CCN(c3ccnc4ccccc34)CC2)c1. The van der Waals surface area contributed by atoms with Gasteiger partial charge in [0.1, 0.15) is 11.9 Å². The zero-order valence-corrected chi connectivity index (χ0v) is 14.6. The van der Waals surface area contributed by atoms with Crippen LogP contribution in [0, 0.1) is 0 Å². The van der Waals surface area contributed by atoms with Gasteiger partial charge in [-0.1, -0.05) is 24.3 Å². The molecule has 3 aromatic rings. The highest BCUT2D eigenvalue weighted by Gasteiger charge is 2.31. The zero-order chi connectivity index (χ0) is 18.9. The summed E-state index contributed by atoms with van der Waals surface area (Å²) in [6, 6.07) is 15.1. The maximum Gasteiger partial charge on any atom is 0.416 e. The van der Waals surface area contributed by atoms with Gasteiger partial charge in [-0.3, -0.25) is 4.98 Å². The molecule has 1 aromatic heterocycles. The number of pyridine rings is 1. The van der Waals surface area contributed by atoms with Gasteiger partial charge in [-0.2, -0.15) is 13.2 Å². The standard InChI is InChI=1S/C21H19F3N2O/c22-21(23,24)15-4-3-5-17(14-15)27-16-9-12-26(13-10-16)20-8-11-25-19-7-2-1-6-18(19)20/h1-8,11,14,16H,9-10,12-13H2. The van der Waals surface area contributed by atoms with Gasteiger partial charge in [0.25, 0.3) is 0 Å². The topological polar surface area (TPSA) is 25.4 Å². The lowest BCUT2D eigenvalue weighted by molar-refractivity contribution is -0.137. The Balaban J connectivity index is 1.44.